The van der Waals surface area contributed by atoms with E-state index in [9.17, 15) is 76.3 Å². The zero-order chi connectivity index (χ0) is 55.4. The van der Waals surface area contributed by atoms with Gasteiger partial charge < -0.3 is 109 Å². The van der Waals surface area contributed by atoms with Crippen molar-refractivity contribution in [1.29, 1.82) is 0 Å². The van der Waals surface area contributed by atoms with Crippen LogP contribution in [0.3, 0.4) is 0 Å². The Morgan fingerprint density at radius 1 is 0.579 bits per heavy atom. The molecule has 23 heteroatoms. The van der Waals surface area contributed by atoms with Crippen LogP contribution in [0.4, 0.5) is 0 Å². The summed E-state index contributed by atoms with van der Waals surface area (Å²) in [4.78, 5) is 14.7. The van der Waals surface area contributed by atoms with E-state index in [4.69, 9.17) is 37.9 Å². The van der Waals surface area contributed by atoms with Crippen molar-refractivity contribution < 1.29 is 114 Å². The van der Waals surface area contributed by atoms with Gasteiger partial charge in [0, 0.05) is 5.41 Å². The zero-order valence-electron chi connectivity index (χ0n) is 44.4. The maximum absolute atomic E-state index is 14.7. The molecule has 0 spiro atoms. The average molecular weight is 1090 g/mol. The number of hydrogen-bond donors (Lipinski definition) is 14. The molecule has 28 atom stereocenters. The fourth-order valence-corrected chi connectivity index (χ4v) is 16.3. The number of fused-ring (bicyclic) bond motifs is 7. The summed E-state index contributed by atoms with van der Waals surface area (Å²) in [6.45, 7) is 10.4. The quantitative estimate of drug-likeness (QED) is 0.0549. The molecule has 0 aromatic heterocycles. The van der Waals surface area contributed by atoms with Gasteiger partial charge in [0.2, 0.25) is 6.29 Å². The van der Waals surface area contributed by atoms with Crippen molar-refractivity contribution in [2.45, 2.75) is 229 Å². The Hall–Kier alpha value is -1.63. The zero-order valence-corrected chi connectivity index (χ0v) is 44.4. The molecule has 8 fully saturated rings. The normalized spacial score (nSPS) is 54.3. The lowest BCUT2D eigenvalue weighted by Gasteiger charge is -2.71. The van der Waals surface area contributed by atoms with Gasteiger partial charge >= 0.3 is 5.97 Å². The molecule has 0 aromatic carbocycles. The minimum atomic E-state index is -1.93. The molecule has 28 unspecified atom stereocenters. The van der Waals surface area contributed by atoms with E-state index < -0.39 is 166 Å². The topological polar surface area (TPSA) is 374 Å². The van der Waals surface area contributed by atoms with Gasteiger partial charge in [-0.1, -0.05) is 53.2 Å². The van der Waals surface area contributed by atoms with Crippen molar-refractivity contribution >= 4 is 5.97 Å². The lowest BCUT2D eigenvalue weighted by Crippen LogP contribution is -2.68. The van der Waals surface area contributed by atoms with Crippen LogP contribution in [0.25, 0.3) is 0 Å². The molecule has 4 saturated heterocycles. The molecular weight excluding hydrogens is 1000 g/mol. The Labute approximate surface area is 442 Å². The van der Waals surface area contributed by atoms with Crippen molar-refractivity contribution in [3.8, 4) is 0 Å². The van der Waals surface area contributed by atoms with Crippen LogP contribution in [-0.2, 0) is 42.7 Å². The van der Waals surface area contributed by atoms with Gasteiger partial charge in [0.05, 0.1) is 44.6 Å². The van der Waals surface area contributed by atoms with Crippen LogP contribution in [0.5, 0.6) is 0 Å². The summed E-state index contributed by atoms with van der Waals surface area (Å²) in [5.41, 5.74) is -1.74. The highest BCUT2D eigenvalue weighted by Crippen LogP contribution is 2.76. The predicted octanol–water partition coefficient (Wildman–Crippen LogP) is -2.42. The first kappa shape index (κ1) is 59.0. The second-order valence-corrected chi connectivity index (χ2v) is 25.7. The van der Waals surface area contributed by atoms with E-state index >= 15 is 0 Å². The summed E-state index contributed by atoms with van der Waals surface area (Å²) >= 11 is 0. The molecule has 9 rings (SSSR count). The molecule has 14 N–H and O–H groups in total. The van der Waals surface area contributed by atoms with E-state index in [0.717, 1.165) is 12.8 Å². The third-order valence-corrected chi connectivity index (χ3v) is 21.2. The first-order valence-electron chi connectivity index (χ1n) is 27.4. The summed E-state index contributed by atoms with van der Waals surface area (Å²) in [6.07, 6.45) is -23.3. The summed E-state index contributed by atoms with van der Waals surface area (Å²) in [5, 5.41) is 150. The fourth-order valence-electron chi connectivity index (χ4n) is 16.3. The summed E-state index contributed by atoms with van der Waals surface area (Å²) < 4.78 is 47.1. The molecule has 4 saturated carbocycles. The number of aliphatic hydroxyl groups is 14. The second-order valence-electron chi connectivity index (χ2n) is 25.7. The lowest BCUT2D eigenvalue weighted by atomic mass is 9.33. The highest BCUT2D eigenvalue weighted by atomic mass is 16.8. The number of carbonyl (C=O) groups is 1. The molecule has 4 aliphatic heterocycles. The number of ether oxygens (including phenoxy) is 8. The summed E-state index contributed by atoms with van der Waals surface area (Å²) in [5.74, 6) is -0.735. The summed E-state index contributed by atoms with van der Waals surface area (Å²) in [7, 11) is 0. The molecule has 9 aliphatic rings. The van der Waals surface area contributed by atoms with Crippen molar-refractivity contribution in [3.05, 3.63) is 11.6 Å². The molecule has 0 amide bonds. The molecule has 0 aromatic rings. The van der Waals surface area contributed by atoms with Crippen LogP contribution in [0, 0.1) is 50.2 Å². The third kappa shape index (κ3) is 9.46. The number of esters is 1. The van der Waals surface area contributed by atoms with Crippen LogP contribution < -0.4 is 0 Å². The highest BCUT2D eigenvalue weighted by molar-refractivity contribution is 5.79. The van der Waals surface area contributed by atoms with Gasteiger partial charge in [-0.25, -0.2) is 0 Å². The van der Waals surface area contributed by atoms with E-state index in [1.165, 1.54) is 5.57 Å². The number of allylic oxidation sites excluding steroid dienone is 2. The maximum atomic E-state index is 14.7. The smallest absolute Gasteiger partial charge is 0.315 e. The molecule has 4 heterocycles. The molecule has 5 aliphatic carbocycles. The van der Waals surface area contributed by atoms with E-state index in [1.54, 1.807) is 0 Å². The molecule has 0 radical (unpaired) electrons. The average Bonchev–Trinajstić information content (AvgIpc) is 3.56. The Kier molecular flexibility index (Phi) is 16.8. The number of rotatable bonds is 12. The van der Waals surface area contributed by atoms with Crippen molar-refractivity contribution in [1.82, 2.24) is 0 Å². The Morgan fingerprint density at radius 3 is 1.74 bits per heavy atom. The Morgan fingerprint density at radius 2 is 1.13 bits per heavy atom. The van der Waals surface area contributed by atoms with E-state index in [2.05, 4.69) is 40.7 Å². The minimum Gasteiger partial charge on any atom is -0.432 e. The van der Waals surface area contributed by atoms with Gasteiger partial charge in [-0.05, 0) is 104 Å². The monoisotopic (exact) mass is 1090 g/mol. The molecule has 0 bridgehead atoms. The third-order valence-electron chi connectivity index (χ3n) is 21.2. The Bertz CT molecular complexity index is 2080. The van der Waals surface area contributed by atoms with Crippen LogP contribution >= 0.6 is 0 Å². The standard InChI is InChI=1S/C53H86O23/c1-48(2)13-15-53(47(68)76-44-38(65)36(63)33(60)26(18-54)70-44)16-14-51(5)23(24(53)17-48)7-8-30-49(3)11-10-31(50(4,22-57)29(49)9-12-52(30,51)6)73-45-39(66)42(35(62)27(19-55)71-45)75-46-40(67)41(34(61)28(20-56)72-46)74-43-37(64)32(59)25(58)21-69-43/h7,24-46,54-67H,8-22H2,1-6H3. The lowest BCUT2D eigenvalue weighted by molar-refractivity contribution is -0.382. The predicted molar refractivity (Wildman–Crippen MR) is 258 cm³/mol. The van der Waals surface area contributed by atoms with Gasteiger partial charge in [-0.2, -0.15) is 0 Å². The first-order valence-corrected chi connectivity index (χ1v) is 27.4. The van der Waals surface area contributed by atoms with E-state index in [1.807, 2.05) is 6.92 Å². The van der Waals surface area contributed by atoms with Gasteiger partial charge in [-0.3, -0.25) is 4.79 Å². The largest absolute Gasteiger partial charge is 0.432 e. The maximum Gasteiger partial charge on any atom is 0.315 e. The van der Waals surface area contributed by atoms with Crippen molar-refractivity contribution in [3.63, 3.8) is 0 Å². The van der Waals surface area contributed by atoms with Crippen molar-refractivity contribution in [2.24, 2.45) is 50.2 Å². The second kappa shape index (κ2) is 21.6. The minimum absolute atomic E-state index is 0.111. The van der Waals surface area contributed by atoms with Gasteiger partial charge in [-0.15, -0.1) is 0 Å². The van der Waals surface area contributed by atoms with Crippen molar-refractivity contribution in [2.75, 3.05) is 33.0 Å². The van der Waals surface area contributed by atoms with Crippen LogP contribution in [0.2, 0.25) is 0 Å². The molecule has 436 valence electrons. The molecule has 23 nitrogen and oxygen atoms in total. The number of hydrogen-bond acceptors (Lipinski definition) is 23. The Balaban J connectivity index is 0.933. The number of aliphatic hydroxyl groups excluding tert-OH is 14. The number of carbonyl (C=O) groups excluding carboxylic acids is 1. The van der Waals surface area contributed by atoms with Gasteiger partial charge in [0.15, 0.2) is 18.9 Å². The van der Waals surface area contributed by atoms with Gasteiger partial charge in [0.1, 0.15) is 91.6 Å². The summed E-state index contributed by atoms with van der Waals surface area (Å²) in [6, 6.07) is 0. The van der Waals surface area contributed by atoms with E-state index in [0.29, 0.717) is 51.4 Å². The van der Waals surface area contributed by atoms with Crippen LogP contribution in [-0.4, -0.2) is 233 Å². The SMILES string of the molecule is CC1(C)CCC2(C(=O)OC3OC(CO)C(O)C(O)C3O)CCC3(C)C(=CCC4C5(C)CCC(OC6OC(CO)C(O)C(OC7OC(CO)C(O)C(OC8OCC(O)C(O)C8O)C7O)C6O)C(C)(CO)C5CCC43C)C2C1. The fraction of sp³-hybridized carbons (Fsp3) is 0.943. The van der Waals surface area contributed by atoms with Crippen LogP contribution in [0.15, 0.2) is 11.6 Å². The van der Waals surface area contributed by atoms with Crippen LogP contribution in [0.1, 0.15) is 106 Å². The molecule has 76 heavy (non-hydrogen) atoms. The molecular formula is C53H86O23. The van der Waals surface area contributed by atoms with E-state index in [-0.39, 0.29) is 46.0 Å². The highest BCUT2D eigenvalue weighted by Gasteiger charge is 2.71. The first-order chi connectivity index (χ1) is 35.7. The van der Waals surface area contributed by atoms with Gasteiger partial charge in [0.25, 0.3) is 0 Å².